The van der Waals surface area contributed by atoms with Gasteiger partial charge in [-0.15, -0.1) is 0 Å². The van der Waals surface area contributed by atoms with Gasteiger partial charge >= 0.3 is 0 Å². The first kappa shape index (κ1) is 17.7. The van der Waals surface area contributed by atoms with Crippen molar-refractivity contribution in [2.24, 2.45) is 0 Å². The molecule has 0 heterocycles. The molecule has 24 heavy (non-hydrogen) atoms. The molecule has 0 bridgehead atoms. The molecule has 0 N–H and O–H groups in total. The smallest absolute Gasteiger partial charge is 0.258 e. The van der Waals surface area contributed by atoms with Crippen molar-refractivity contribution in [3.05, 3.63) is 53.6 Å². The Morgan fingerprint density at radius 1 is 0.958 bits per heavy atom. The Labute approximate surface area is 142 Å². The monoisotopic (exact) mass is 329 g/mol. The lowest BCUT2D eigenvalue weighted by Gasteiger charge is -2.26. The number of carbonyl (C=O) groups is 1. The van der Waals surface area contributed by atoms with Gasteiger partial charge in [-0.05, 0) is 36.8 Å². The summed E-state index contributed by atoms with van der Waals surface area (Å²) in [5.74, 6) is 1.64. The van der Waals surface area contributed by atoms with Crippen molar-refractivity contribution in [3.63, 3.8) is 0 Å². The maximum atomic E-state index is 12.9. The highest BCUT2D eigenvalue weighted by Crippen LogP contribution is 2.33. The van der Waals surface area contributed by atoms with E-state index in [1.807, 2.05) is 31.2 Å². The fraction of sp³-hybridized carbons (Fsp3) is 0.316. The molecule has 0 saturated carbocycles. The lowest BCUT2D eigenvalue weighted by molar-refractivity contribution is 0.0738. The Bertz CT molecular complexity index is 697. The summed E-state index contributed by atoms with van der Waals surface area (Å²) in [5, 5.41) is 0. The maximum absolute atomic E-state index is 12.9. The van der Waals surface area contributed by atoms with Crippen LogP contribution < -0.4 is 14.2 Å². The summed E-state index contributed by atoms with van der Waals surface area (Å²) in [6.45, 7) is 1.98. The van der Waals surface area contributed by atoms with E-state index in [0.717, 1.165) is 11.3 Å². The molecule has 5 nitrogen and oxygen atoms in total. The van der Waals surface area contributed by atoms with Gasteiger partial charge in [0.2, 0.25) is 0 Å². The molecule has 2 rings (SSSR count). The van der Waals surface area contributed by atoms with Gasteiger partial charge < -0.3 is 19.1 Å². The second-order valence-corrected chi connectivity index (χ2v) is 5.41. The summed E-state index contributed by atoms with van der Waals surface area (Å²) < 4.78 is 15.8. The molecule has 0 saturated heterocycles. The van der Waals surface area contributed by atoms with Crippen LogP contribution >= 0.6 is 0 Å². The van der Waals surface area contributed by atoms with Gasteiger partial charge in [0.05, 0.1) is 32.9 Å². The molecule has 1 unspecified atom stereocenters. The average molecular weight is 329 g/mol. The van der Waals surface area contributed by atoms with Gasteiger partial charge in [0.15, 0.2) is 11.5 Å². The number of rotatable bonds is 6. The van der Waals surface area contributed by atoms with E-state index in [9.17, 15) is 4.79 Å². The van der Waals surface area contributed by atoms with E-state index in [-0.39, 0.29) is 11.9 Å². The van der Waals surface area contributed by atoms with Crippen LogP contribution in [0.3, 0.4) is 0 Å². The number of methoxy groups -OCH3 is 3. The van der Waals surface area contributed by atoms with E-state index in [2.05, 4.69) is 0 Å². The third-order valence-electron chi connectivity index (χ3n) is 4.13. The zero-order valence-electron chi connectivity index (χ0n) is 14.7. The first-order chi connectivity index (χ1) is 11.5. The topological polar surface area (TPSA) is 48.0 Å². The second-order valence-electron chi connectivity index (χ2n) is 5.41. The highest BCUT2D eigenvalue weighted by molar-refractivity contribution is 5.97. The van der Waals surface area contributed by atoms with Crippen LogP contribution in [0.5, 0.6) is 17.2 Å². The van der Waals surface area contributed by atoms with E-state index in [0.29, 0.717) is 17.1 Å². The molecule has 0 fully saturated rings. The van der Waals surface area contributed by atoms with Gasteiger partial charge in [-0.2, -0.15) is 0 Å². The van der Waals surface area contributed by atoms with Crippen LogP contribution in [0.2, 0.25) is 0 Å². The number of nitrogens with zero attached hydrogens (tertiary/aromatic N) is 1. The number of carbonyl (C=O) groups excluding carboxylic acids is 1. The quantitative estimate of drug-likeness (QED) is 0.813. The van der Waals surface area contributed by atoms with Crippen molar-refractivity contribution < 1.29 is 19.0 Å². The Balaban J connectivity index is 2.28. The van der Waals surface area contributed by atoms with Crippen LogP contribution in [0.25, 0.3) is 0 Å². The number of para-hydroxylation sites is 1. The van der Waals surface area contributed by atoms with Gasteiger partial charge in [0.25, 0.3) is 5.91 Å². The van der Waals surface area contributed by atoms with Crippen LogP contribution in [0.1, 0.15) is 28.9 Å². The summed E-state index contributed by atoms with van der Waals surface area (Å²) in [5.41, 5.74) is 1.49. The van der Waals surface area contributed by atoms with Gasteiger partial charge in [-0.25, -0.2) is 0 Å². The van der Waals surface area contributed by atoms with E-state index < -0.39 is 0 Å². The van der Waals surface area contributed by atoms with Crippen LogP contribution in [-0.4, -0.2) is 39.2 Å². The number of amides is 1. The molecule has 2 aromatic rings. The third kappa shape index (κ3) is 3.45. The molecule has 0 aliphatic carbocycles. The first-order valence-electron chi connectivity index (χ1n) is 7.65. The Hall–Kier alpha value is -2.69. The van der Waals surface area contributed by atoms with E-state index in [1.165, 1.54) is 7.11 Å². The highest BCUT2D eigenvalue weighted by Gasteiger charge is 2.23. The maximum Gasteiger partial charge on any atom is 0.258 e. The van der Waals surface area contributed by atoms with Crippen molar-refractivity contribution in [1.82, 2.24) is 4.90 Å². The van der Waals surface area contributed by atoms with Crippen molar-refractivity contribution in [3.8, 4) is 17.2 Å². The minimum absolute atomic E-state index is 0.0979. The fourth-order valence-electron chi connectivity index (χ4n) is 2.53. The molecule has 5 heteroatoms. The molecular weight excluding hydrogens is 306 g/mol. The number of hydrogen-bond donors (Lipinski definition) is 0. The Kier molecular flexibility index (Phi) is 5.68. The third-order valence-corrected chi connectivity index (χ3v) is 4.13. The van der Waals surface area contributed by atoms with Crippen molar-refractivity contribution in [2.75, 3.05) is 28.4 Å². The summed E-state index contributed by atoms with van der Waals surface area (Å²) >= 11 is 0. The largest absolute Gasteiger partial charge is 0.497 e. The molecule has 0 aliphatic heterocycles. The fourth-order valence-corrected chi connectivity index (χ4v) is 2.53. The Morgan fingerprint density at radius 2 is 1.62 bits per heavy atom. The van der Waals surface area contributed by atoms with Crippen LogP contribution in [0, 0.1) is 0 Å². The molecule has 128 valence electrons. The van der Waals surface area contributed by atoms with Gasteiger partial charge in [0, 0.05) is 7.05 Å². The SMILES string of the molecule is COc1ccc(C(C)N(C)C(=O)c2cccc(OC)c2OC)cc1. The number of hydrogen-bond acceptors (Lipinski definition) is 4. The number of benzene rings is 2. The van der Waals surface area contributed by atoms with E-state index in [1.54, 1.807) is 44.4 Å². The molecule has 1 atom stereocenters. The molecule has 0 aliphatic rings. The first-order valence-corrected chi connectivity index (χ1v) is 7.65. The van der Waals surface area contributed by atoms with E-state index in [4.69, 9.17) is 14.2 Å². The number of ether oxygens (including phenoxy) is 3. The van der Waals surface area contributed by atoms with Gasteiger partial charge in [-0.1, -0.05) is 18.2 Å². The van der Waals surface area contributed by atoms with Crippen LogP contribution in [-0.2, 0) is 0 Å². The lowest BCUT2D eigenvalue weighted by Crippen LogP contribution is -2.30. The van der Waals surface area contributed by atoms with Gasteiger partial charge in [-0.3, -0.25) is 4.79 Å². The lowest BCUT2D eigenvalue weighted by atomic mass is 10.1. The predicted octanol–water partition coefficient (Wildman–Crippen LogP) is 3.55. The molecule has 2 aromatic carbocycles. The normalized spacial score (nSPS) is 11.5. The molecule has 0 radical (unpaired) electrons. The Morgan fingerprint density at radius 3 is 2.17 bits per heavy atom. The summed E-state index contributed by atoms with van der Waals surface area (Å²) in [6, 6.07) is 12.9. The zero-order chi connectivity index (χ0) is 17.7. The van der Waals surface area contributed by atoms with Crippen LogP contribution in [0.4, 0.5) is 0 Å². The van der Waals surface area contributed by atoms with Crippen molar-refractivity contribution >= 4 is 5.91 Å². The van der Waals surface area contributed by atoms with Crippen molar-refractivity contribution in [2.45, 2.75) is 13.0 Å². The van der Waals surface area contributed by atoms with Crippen molar-refractivity contribution in [1.29, 1.82) is 0 Å². The summed E-state index contributed by atoms with van der Waals surface area (Å²) in [6.07, 6.45) is 0. The second kappa shape index (κ2) is 7.73. The molecule has 0 spiro atoms. The average Bonchev–Trinajstić information content (AvgIpc) is 2.65. The molecule has 0 aromatic heterocycles. The molecular formula is C19H23NO4. The van der Waals surface area contributed by atoms with Crippen LogP contribution in [0.15, 0.2) is 42.5 Å². The summed E-state index contributed by atoms with van der Waals surface area (Å²) in [4.78, 5) is 14.6. The van der Waals surface area contributed by atoms with Gasteiger partial charge in [0.1, 0.15) is 5.75 Å². The minimum Gasteiger partial charge on any atom is -0.497 e. The molecule has 1 amide bonds. The summed E-state index contributed by atoms with van der Waals surface area (Å²) in [7, 11) is 6.48. The standard InChI is InChI=1S/C19H23NO4/c1-13(14-9-11-15(22-3)12-10-14)20(2)19(21)16-7-6-8-17(23-4)18(16)24-5/h6-13H,1-5H3. The highest BCUT2D eigenvalue weighted by atomic mass is 16.5. The zero-order valence-corrected chi connectivity index (χ0v) is 14.7. The predicted molar refractivity (Wildman–Crippen MR) is 93.0 cm³/mol. The minimum atomic E-state index is -0.130. The van der Waals surface area contributed by atoms with E-state index >= 15 is 0 Å².